The van der Waals surface area contributed by atoms with E-state index in [0.29, 0.717) is 6.42 Å². The van der Waals surface area contributed by atoms with Gasteiger partial charge in [-0.05, 0) is 12.0 Å². The molecule has 2 rings (SSSR count). The predicted molar refractivity (Wildman–Crippen MR) is 83.2 cm³/mol. The topological polar surface area (TPSA) is 127 Å². The molecule has 0 bridgehead atoms. The maximum atomic E-state index is 11.8. The number of rotatable bonds is 8. The van der Waals surface area contributed by atoms with Crippen LogP contribution in [0, 0.1) is 16.0 Å². The number of carbonyl (C=O) groups excluding carboxylic acids is 1. The van der Waals surface area contributed by atoms with E-state index in [1.807, 2.05) is 30.3 Å². The maximum Gasteiger partial charge on any atom is 0.308 e. The Kier molecular flexibility index (Phi) is 5.61. The molecule has 1 aromatic heterocycles. The SMILES string of the molecule is O=C(Cn1cc([N+](=O)[O-])cn1)NCC(Cc1ccccc1)C(=O)O. The molecular formula is C15H16N4O5. The molecular weight excluding hydrogens is 316 g/mol. The van der Waals surface area contributed by atoms with E-state index in [-0.39, 0.29) is 18.8 Å². The smallest absolute Gasteiger partial charge is 0.308 e. The second-order valence-electron chi connectivity index (χ2n) is 5.18. The second kappa shape index (κ2) is 7.86. The number of nitrogens with one attached hydrogen (secondary N) is 1. The molecule has 0 spiro atoms. The Bertz CT molecular complexity index is 728. The minimum absolute atomic E-state index is 0.0353. The molecule has 0 fully saturated rings. The summed E-state index contributed by atoms with van der Waals surface area (Å²) in [6, 6.07) is 9.11. The first kappa shape index (κ1) is 17.1. The van der Waals surface area contributed by atoms with Crippen molar-refractivity contribution in [2.75, 3.05) is 6.54 Å². The highest BCUT2D eigenvalue weighted by molar-refractivity contribution is 5.77. The minimum atomic E-state index is -1.01. The van der Waals surface area contributed by atoms with Gasteiger partial charge in [-0.2, -0.15) is 5.10 Å². The summed E-state index contributed by atoms with van der Waals surface area (Å²) in [4.78, 5) is 33.1. The van der Waals surface area contributed by atoms with Gasteiger partial charge in [-0.3, -0.25) is 24.4 Å². The van der Waals surface area contributed by atoms with Crippen LogP contribution in [-0.4, -0.2) is 38.2 Å². The van der Waals surface area contributed by atoms with Crippen LogP contribution in [-0.2, 0) is 22.6 Å². The Morgan fingerprint density at radius 2 is 2.04 bits per heavy atom. The van der Waals surface area contributed by atoms with Crippen molar-refractivity contribution in [3.8, 4) is 0 Å². The first-order valence-electron chi connectivity index (χ1n) is 7.16. The molecule has 0 aliphatic rings. The number of nitrogens with zero attached hydrogens (tertiary/aromatic N) is 3. The van der Waals surface area contributed by atoms with Crippen LogP contribution in [0.5, 0.6) is 0 Å². The number of aromatic nitrogens is 2. The Labute approximate surface area is 137 Å². The zero-order valence-corrected chi connectivity index (χ0v) is 12.7. The van der Waals surface area contributed by atoms with Gasteiger partial charge in [0.1, 0.15) is 18.9 Å². The Morgan fingerprint density at radius 3 is 2.62 bits per heavy atom. The van der Waals surface area contributed by atoms with Gasteiger partial charge in [0, 0.05) is 6.54 Å². The van der Waals surface area contributed by atoms with Crippen molar-refractivity contribution in [2.24, 2.45) is 5.92 Å². The van der Waals surface area contributed by atoms with Gasteiger partial charge < -0.3 is 10.4 Å². The summed E-state index contributed by atoms with van der Waals surface area (Å²) in [6.45, 7) is -0.252. The molecule has 9 heteroatoms. The summed E-state index contributed by atoms with van der Waals surface area (Å²) in [7, 11) is 0. The van der Waals surface area contributed by atoms with Crippen LogP contribution >= 0.6 is 0 Å². The number of nitro groups is 1. The van der Waals surface area contributed by atoms with Gasteiger partial charge in [0.2, 0.25) is 5.91 Å². The van der Waals surface area contributed by atoms with Crippen LogP contribution < -0.4 is 5.32 Å². The average Bonchev–Trinajstić information content (AvgIpc) is 3.01. The highest BCUT2D eigenvalue weighted by atomic mass is 16.6. The molecule has 0 aliphatic carbocycles. The Hall–Kier alpha value is -3.23. The number of hydrogen-bond donors (Lipinski definition) is 2. The molecule has 1 amide bonds. The van der Waals surface area contributed by atoms with Gasteiger partial charge in [0.15, 0.2) is 0 Å². The Morgan fingerprint density at radius 1 is 1.33 bits per heavy atom. The molecule has 0 radical (unpaired) electrons. The largest absolute Gasteiger partial charge is 0.481 e. The average molecular weight is 332 g/mol. The summed E-state index contributed by atoms with van der Waals surface area (Å²) in [5, 5.41) is 26.0. The van der Waals surface area contributed by atoms with E-state index in [1.54, 1.807) is 0 Å². The lowest BCUT2D eigenvalue weighted by Gasteiger charge is -2.13. The van der Waals surface area contributed by atoms with Crippen LogP contribution in [0.3, 0.4) is 0 Å². The summed E-state index contributed by atoms with van der Waals surface area (Å²) >= 11 is 0. The fourth-order valence-electron chi connectivity index (χ4n) is 2.12. The van der Waals surface area contributed by atoms with E-state index in [1.165, 1.54) is 0 Å². The van der Waals surface area contributed by atoms with Gasteiger partial charge in [0.25, 0.3) is 0 Å². The number of aliphatic carboxylic acids is 1. The van der Waals surface area contributed by atoms with E-state index in [4.69, 9.17) is 0 Å². The molecule has 1 unspecified atom stereocenters. The summed E-state index contributed by atoms with van der Waals surface area (Å²) in [6.07, 6.45) is 2.48. The summed E-state index contributed by atoms with van der Waals surface area (Å²) in [5.74, 6) is -2.23. The molecule has 2 aromatic rings. The van der Waals surface area contributed by atoms with E-state index in [2.05, 4.69) is 10.4 Å². The van der Waals surface area contributed by atoms with Gasteiger partial charge in [-0.25, -0.2) is 0 Å². The molecule has 1 heterocycles. The van der Waals surface area contributed by atoms with Crippen molar-refractivity contribution in [1.29, 1.82) is 0 Å². The number of amides is 1. The molecule has 126 valence electrons. The zero-order valence-electron chi connectivity index (χ0n) is 12.7. The molecule has 0 saturated heterocycles. The third-order valence-corrected chi connectivity index (χ3v) is 3.36. The summed E-state index contributed by atoms with van der Waals surface area (Å²) in [5.41, 5.74) is 0.650. The molecule has 2 N–H and O–H groups in total. The highest BCUT2D eigenvalue weighted by Gasteiger charge is 2.19. The number of carboxylic acids is 1. The van der Waals surface area contributed by atoms with Crippen molar-refractivity contribution >= 4 is 17.6 Å². The monoisotopic (exact) mass is 332 g/mol. The fraction of sp³-hybridized carbons (Fsp3) is 0.267. The molecule has 1 aromatic carbocycles. The molecule has 9 nitrogen and oxygen atoms in total. The maximum absolute atomic E-state index is 11.8. The third kappa shape index (κ3) is 4.90. The molecule has 0 aliphatic heterocycles. The van der Waals surface area contributed by atoms with Crippen LogP contribution in [0.15, 0.2) is 42.7 Å². The number of carboxylic acid groups (broad SMARTS) is 1. The predicted octanol–water partition coefficient (Wildman–Crippen LogP) is 0.851. The Balaban J connectivity index is 1.87. The van der Waals surface area contributed by atoms with Crippen molar-refractivity contribution in [2.45, 2.75) is 13.0 Å². The lowest BCUT2D eigenvalue weighted by atomic mass is 9.99. The number of hydrogen-bond acceptors (Lipinski definition) is 5. The number of benzene rings is 1. The van der Waals surface area contributed by atoms with Gasteiger partial charge >= 0.3 is 11.7 Å². The standard InChI is InChI=1S/C15H16N4O5/c20-14(10-18-9-13(8-17-18)19(23)24)16-7-12(15(21)22)6-11-4-2-1-3-5-11/h1-5,8-9,12H,6-7,10H2,(H,16,20)(H,21,22). The van der Waals surface area contributed by atoms with E-state index < -0.39 is 22.7 Å². The van der Waals surface area contributed by atoms with Gasteiger partial charge in [-0.1, -0.05) is 30.3 Å². The normalized spacial score (nSPS) is 11.7. The van der Waals surface area contributed by atoms with Crippen molar-refractivity contribution < 1.29 is 19.6 Å². The first-order valence-corrected chi connectivity index (χ1v) is 7.16. The van der Waals surface area contributed by atoms with Crippen LogP contribution in [0.25, 0.3) is 0 Å². The van der Waals surface area contributed by atoms with Crippen molar-refractivity contribution in [1.82, 2.24) is 15.1 Å². The van der Waals surface area contributed by atoms with Crippen LogP contribution in [0.4, 0.5) is 5.69 Å². The second-order valence-corrected chi connectivity index (χ2v) is 5.18. The lowest BCUT2D eigenvalue weighted by Crippen LogP contribution is -2.36. The molecule has 1 atom stereocenters. The lowest BCUT2D eigenvalue weighted by molar-refractivity contribution is -0.385. The number of carbonyl (C=O) groups is 2. The van der Waals surface area contributed by atoms with E-state index in [0.717, 1.165) is 22.6 Å². The van der Waals surface area contributed by atoms with Gasteiger partial charge in [-0.15, -0.1) is 0 Å². The van der Waals surface area contributed by atoms with Crippen LogP contribution in [0.2, 0.25) is 0 Å². The third-order valence-electron chi connectivity index (χ3n) is 3.36. The van der Waals surface area contributed by atoms with E-state index in [9.17, 15) is 24.8 Å². The zero-order chi connectivity index (χ0) is 17.5. The van der Waals surface area contributed by atoms with E-state index >= 15 is 0 Å². The molecule has 24 heavy (non-hydrogen) atoms. The first-order chi connectivity index (χ1) is 11.5. The van der Waals surface area contributed by atoms with Gasteiger partial charge in [0.05, 0.1) is 10.8 Å². The fourth-order valence-corrected chi connectivity index (χ4v) is 2.12. The van der Waals surface area contributed by atoms with Crippen molar-refractivity contribution in [3.05, 3.63) is 58.4 Å². The quantitative estimate of drug-likeness (QED) is 0.545. The minimum Gasteiger partial charge on any atom is -0.481 e. The molecule has 0 saturated carbocycles. The summed E-state index contributed by atoms with van der Waals surface area (Å²) < 4.78 is 1.13. The highest BCUT2D eigenvalue weighted by Crippen LogP contribution is 2.09. The van der Waals surface area contributed by atoms with Crippen LogP contribution in [0.1, 0.15) is 5.56 Å². The van der Waals surface area contributed by atoms with Crippen molar-refractivity contribution in [3.63, 3.8) is 0 Å².